The molecule has 116 valence electrons. The number of nitrogens with one attached hydrogen (secondary N) is 1. The zero-order valence-corrected chi connectivity index (χ0v) is 12.8. The number of nitro groups is 1. The van der Waals surface area contributed by atoms with Gasteiger partial charge in [0.05, 0.1) is 11.5 Å². The zero-order chi connectivity index (χ0) is 15.2. The molecule has 0 aromatic heterocycles. The molecule has 0 spiro atoms. The quantitative estimate of drug-likeness (QED) is 0.629. The Morgan fingerprint density at radius 1 is 1.33 bits per heavy atom. The van der Waals surface area contributed by atoms with Crippen LogP contribution in [0.15, 0.2) is 18.2 Å². The Kier molecular flexibility index (Phi) is 5.42. The van der Waals surface area contributed by atoms with E-state index in [1.54, 1.807) is 12.1 Å². The number of ether oxygens (including phenoxy) is 1. The van der Waals surface area contributed by atoms with E-state index in [0.717, 1.165) is 18.2 Å². The van der Waals surface area contributed by atoms with E-state index < -0.39 is 4.92 Å². The van der Waals surface area contributed by atoms with Crippen LogP contribution in [0.1, 0.15) is 39.5 Å². The molecule has 2 rings (SSSR count). The Balaban J connectivity index is 1.97. The van der Waals surface area contributed by atoms with Gasteiger partial charge in [-0.15, -0.1) is 0 Å². The van der Waals surface area contributed by atoms with Gasteiger partial charge >= 0.3 is 5.69 Å². The third-order valence-electron chi connectivity index (χ3n) is 4.19. The molecule has 0 radical (unpaired) electrons. The van der Waals surface area contributed by atoms with Gasteiger partial charge in [0.25, 0.3) is 0 Å². The van der Waals surface area contributed by atoms with Crippen LogP contribution >= 0.6 is 0 Å². The van der Waals surface area contributed by atoms with Crippen LogP contribution in [0, 0.1) is 22.0 Å². The van der Waals surface area contributed by atoms with Crippen molar-refractivity contribution in [2.45, 2.75) is 39.5 Å². The van der Waals surface area contributed by atoms with E-state index >= 15 is 0 Å². The van der Waals surface area contributed by atoms with Gasteiger partial charge in [-0.05, 0) is 37.7 Å². The summed E-state index contributed by atoms with van der Waals surface area (Å²) in [6.45, 7) is 5.49. The Hall–Kier alpha value is -1.78. The maximum atomic E-state index is 10.9. The lowest BCUT2D eigenvalue weighted by Gasteiger charge is -2.26. The first-order valence-corrected chi connectivity index (χ1v) is 7.75. The van der Waals surface area contributed by atoms with Crippen molar-refractivity contribution in [3.05, 3.63) is 28.3 Å². The van der Waals surface area contributed by atoms with Crippen LogP contribution in [-0.2, 0) is 0 Å². The second-order valence-corrected chi connectivity index (χ2v) is 5.88. The molecular formula is C16H24N2O3. The molecule has 0 amide bonds. The molecule has 1 fully saturated rings. The van der Waals surface area contributed by atoms with E-state index in [9.17, 15) is 10.1 Å². The van der Waals surface area contributed by atoms with Crippen LogP contribution in [0.2, 0.25) is 0 Å². The molecule has 1 aromatic rings. The van der Waals surface area contributed by atoms with Gasteiger partial charge in [0, 0.05) is 24.4 Å². The summed E-state index contributed by atoms with van der Waals surface area (Å²) in [5.41, 5.74) is 0.913. The number of nitrogens with zero attached hydrogens (tertiary/aromatic N) is 1. The summed E-state index contributed by atoms with van der Waals surface area (Å²) in [6.07, 6.45) is 5.13. The number of anilines is 1. The molecule has 0 bridgehead atoms. The van der Waals surface area contributed by atoms with Gasteiger partial charge in [0.2, 0.25) is 0 Å². The lowest BCUT2D eigenvalue weighted by Crippen LogP contribution is -2.20. The van der Waals surface area contributed by atoms with Crippen LogP contribution in [0.3, 0.4) is 0 Å². The maximum Gasteiger partial charge on any atom is 0.311 e. The molecule has 1 saturated carbocycles. The highest BCUT2D eigenvalue weighted by molar-refractivity contribution is 5.58. The third kappa shape index (κ3) is 4.34. The largest absolute Gasteiger partial charge is 0.487 e. The topological polar surface area (TPSA) is 64.4 Å². The second-order valence-electron chi connectivity index (χ2n) is 5.88. The van der Waals surface area contributed by atoms with Gasteiger partial charge < -0.3 is 10.1 Å². The monoisotopic (exact) mass is 292 g/mol. The molecule has 1 aliphatic carbocycles. The lowest BCUT2D eigenvalue weighted by atomic mass is 9.83. The van der Waals surface area contributed by atoms with Crippen molar-refractivity contribution in [2.75, 3.05) is 18.5 Å². The molecule has 1 aromatic carbocycles. The van der Waals surface area contributed by atoms with E-state index in [-0.39, 0.29) is 5.69 Å². The first-order valence-electron chi connectivity index (χ1n) is 7.75. The van der Waals surface area contributed by atoms with Gasteiger partial charge in [0.15, 0.2) is 5.75 Å². The molecule has 1 N–H and O–H groups in total. The fourth-order valence-corrected chi connectivity index (χ4v) is 2.84. The first kappa shape index (κ1) is 15.6. The van der Waals surface area contributed by atoms with Crippen molar-refractivity contribution in [1.29, 1.82) is 0 Å². The Morgan fingerprint density at radius 2 is 2.05 bits per heavy atom. The zero-order valence-electron chi connectivity index (χ0n) is 12.8. The molecular weight excluding hydrogens is 268 g/mol. The third-order valence-corrected chi connectivity index (χ3v) is 4.19. The molecule has 5 heteroatoms. The number of nitro benzene ring substituents is 1. The van der Waals surface area contributed by atoms with Crippen molar-refractivity contribution in [1.82, 2.24) is 0 Å². The van der Waals surface area contributed by atoms with E-state index in [1.165, 1.54) is 31.7 Å². The highest BCUT2D eigenvalue weighted by Gasteiger charge is 2.19. The molecule has 21 heavy (non-hydrogen) atoms. The smallest absolute Gasteiger partial charge is 0.311 e. The molecule has 0 aliphatic heterocycles. The van der Waals surface area contributed by atoms with Crippen molar-refractivity contribution in [3.63, 3.8) is 0 Å². The van der Waals surface area contributed by atoms with Crippen molar-refractivity contribution >= 4 is 11.4 Å². The van der Waals surface area contributed by atoms with Crippen LogP contribution in [0.4, 0.5) is 11.4 Å². The van der Waals surface area contributed by atoms with Gasteiger partial charge in [0.1, 0.15) is 0 Å². The summed E-state index contributed by atoms with van der Waals surface area (Å²) in [4.78, 5) is 10.5. The van der Waals surface area contributed by atoms with Crippen molar-refractivity contribution in [2.24, 2.45) is 11.8 Å². The molecule has 0 atom stereocenters. The SMILES string of the molecule is CCOc1cc(NCC2CCC(C)CC2)ccc1[N+](=O)[O-]. The standard InChI is InChI=1S/C16H24N2O3/c1-3-21-16-10-14(8-9-15(16)18(19)20)17-11-13-6-4-12(2)5-7-13/h8-10,12-13,17H,3-7,11H2,1-2H3. The Bertz CT molecular complexity index is 482. The van der Waals surface area contributed by atoms with Crippen LogP contribution in [0.25, 0.3) is 0 Å². The predicted molar refractivity (Wildman–Crippen MR) is 83.9 cm³/mol. The van der Waals surface area contributed by atoms with E-state index in [2.05, 4.69) is 12.2 Å². The van der Waals surface area contributed by atoms with Crippen molar-refractivity contribution in [3.8, 4) is 5.75 Å². The van der Waals surface area contributed by atoms with Crippen LogP contribution < -0.4 is 10.1 Å². The minimum absolute atomic E-state index is 0.0221. The molecule has 5 nitrogen and oxygen atoms in total. The second kappa shape index (κ2) is 7.29. The van der Waals surface area contributed by atoms with Gasteiger partial charge in [-0.1, -0.05) is 19.8 Å². The molecule has 1 aliphatic rings. The van der Waals surface area contributed by atoms with Gasteiger partial charge in [-0.3, -0.25) is 10.1 Å². The highest BCUT2D eigenvalue weighted by Crippen LogP contribution is 2.31. The fraction of sp³-hybridized carbons (Fsp3) is 0.625. The summed E-state index contributed by atoms with van der Waals surface area (Å²) in [7, 11) is 0. The number of hydrogen-bond acceptors (Lipinski definition) is 4. The van der Waals surface area contributed by atoms with E-state index in [0.29, 0.717) is 18.3 Å². The predicted octanol–water partition coefficient (Wildman–Crippen LogP) is 4.23. The van der Waals surface area contributed by atoms with E-state index in [1.807, 2.05) is 6.92 Å². The average molecular weight is 292 g/mol. The van der Waals surface area contributed by atoms with Crippen LogP contribution in [0.5, 0.6) is 5.75 Å². The summed E-state index contributed by atoms with van der Waals surface area (Å²) in [6, 6.07) is 5.00. The minimum atomic E-state index is -0.405. The normalized spacial score (nSPS) is 21.8. The number of hydrogen-bond donors (Lipinski definition) is 1. The lowest BCUT2D eigenvalue weighted by molar-refractivity contribution is -0.385. The summed E-state index contributed by atoms with van der Waals surface area (Å²) in [5.74, 6) is 1.89. The fourth-order valence-electron chi connectivity index (χ4n) is 2.84. The Morgan fingerprint density at radius 3 is 2.67 bits per heavy atom. The Labute approximate surface area is 125 Å². The van der Waals surface area contributed by atoms with Gasteiger partial charge in [-0.2, -0.15) is 0 Å². The highest BCUT2D eigenvalue weighted by atomic mass is 16.6. The maximum absolute atomic E-state index is 10.9. The van der Waals surface area contributed by atoms with Crippen molar-refractivity contribution < 1.29 is 9.66 Å². The van der Waals surface area contributed by atoms with Crippen LogP contribution in [-0.4, -0.2) is 18.1 Å². The molecule has 0 saturated heterocycles. The first-order chi connectivity index (χ1) is 10.1. The minimum Gasteiger partial charge on any atom is -0.487 e. The van der Waals surface area contributed by atoms with Gasteiger partial charge in [-0.25, -0.2) is 0 Å². The molecule has 0 unspecified atom stereocenters. The summed E-state index contributed by atoms with van der Waals surface area (Å²) in [5, 5.41) is 14.3. The average Bonchev–Trinajstić information content (AvgIpc) is 2.47. The number of rotatable bonds is 6. The summed E-state index contributed by atoms with van der Waals surface area (Å²) >= 11 is 0. The number of benzene rings is 1. The molecule has 0 heterocycles. The van der Waals surface area contributed by atoms with E-state index in [4.69, 9.17) is 4.74 Å². The summed E-state index contributed by atoms with van der Waals surface area (Å²) < 4.78 is 5.36.